The van der Waals surface area contributed by atoms with Gasteiger partial charge < -0.3 is 0 Å². The van der Waals surface area contributed by atoms with E-state index in [9.17, 15) is 0 Å². The molecule has 0 amide bonds. The maximum absolute atomic E-state index is 3.99. The van der Waals surface area contributed by atoms with Gasteiger partial charge in [0, 0.05) is 18.0 Å². The molecule has 0 fully saturated rings. The van der Waals surface area contributed by atoms with Crippen LogP contribution in [0, 0.1) is 0 Å². The van der Waals surface area contributed by atoms with E-state index in [1.807, 2.05) is 12.1 Å². The molecule has 3 nitrogen and oxygen atoms in total. The molecule has 11 heavy (non-hydrogen) atoms. The molecule has 0 aliphatic rings. The van der Waals surface area contributed by atoms with Crippen LogP contribution in [0.25, 0.3) is 10.4 Å². The topological polar surface area (TPSA) is 38.7 Å². The molecule has 54 valence electrons. The molecule has 0 aromatic carbocycles. The first-order valence-corrected chi connectivity index (χ1v) is 3.92. The number of rotatable bonds is 1. The summed E-state index contributed by atoms with van der Waals surface area (Å²) in [6.45, 7) is 0. The third kappa shape index (κ3) is 1.25. The lowest BCUT2D eigenvalue weighted by molar-refractivity contribution is 1.16. The van der Waals surface area contributed by atoms with E-state index >= 15 is 0 Å². The van der Waals surface area contributed by atoms with Crippen molar-refractivity contribution in [3.8, 4) is 10.4 Å². The molecule has 0 unspecified atom stereocenters. The summed E-state index contributed by atoms with van der Waals surface area (Å²) in [6.07, 6.45) is 5.29. The van der Waals surface area contributed by atoms with Gasteiger partial charge >= 0.3 is 0 Å². The molecule has 0 saturated carbocycles. The highest BCUT2D eigenvalue weighted by Gasteiger charge is 1.97. The normalized spacial score (nSPS) is 9.82. The van der Waals surface area contributed by atoms with Crippen molar-refractivity contribution in [1.82, 2.24) is 14.6 Å². The third-order valence-electron chi connectivity index (χ3n) is 1.31. The standard InChI is InChI=1S/C7H5N3S/c1-2-6(4-8-3-1)7-5-9-10-11-7/h1-5H. The highest BCUT2D eigenvalue weighted by atomic mass is 32.1. The van der Waals surface area contributed by atoms with E-state index in [1.165, 1.54) is 11.5 Å². The van der Waals surface area contributed by atoms with E-state index in [4.69, 9.17) is 0 Å². The van der Waals surface area contributed by atoms with Gasteiger partial charge in [0.15, 0.2) is 0 Å². The highest BCUT2D eigenvalue weighted by molar-refractivity contribution is 7.09. The van der Waals surface area contributed by atoms with Crippen LogP contribution in [0.15, 0.2) is 30.7 Å². The number of hydrogen-bond donors (Lipinski definition) is 0. The first-order chi connectivity index (χ1) is 5.47. The van der Waals surface area contributed by atoms with Crippen LogP contribution in [0.3, 0.4) is 0 Å². The quantitative estimate of drug-likeness (QED) is 0.641. The van der Waals surface area contributed by atoms with E-state index in [1.54, 1.807) is 18.6 Å². The number of aromatic nitrogens is 3. The summed E-state index contributed by atoms with van der Waals surface area (Å²) in [7, 11) is 0. The molecular formula is C7H5N3S. The Morgan fingerprint density at radius 1 is 1.27 bits per heavy atom. The van der Waals surface area contributed by atoms with Gasteiger partial charge in [0.2, 0.25) is 0 Å². The van der Waals surface area contributed by atoms with Crippen molar-refractivity contribution < 1.29 is 0 Å². The van der Waals surface area contributed by atoms with Crippen LogP contribution in [-0.4, -0.2) is 14.6 Å². The van der Waals surface area contributed by atoms with Crippen LogP contribution in [0.1, 0.15) is 0 Å². The van der Waals surface area contributed by atoms with E-state index < -0.39 is 0 Å². The molecule has 2 rings (SSSR count). The fourth-order valence-corrected chi connectivity index (χ4v) is 1.31. The molecule has 2 aromatic rings. The molecule has 0 N–H and O–H groups in total. The smallest absolute Gasteiger partial charge is 0.0769 e. The van der Waals surface area contributed by atoms with E-state index in [0.717, 1.165) is 10.4 Å². The molecule has 0 aliphatic carbocycles. The molecule has 4 heteroatoms. The largest absolute Gasteiger partial charge is 0.264 e. The van der Waals surface area contributed by atoms with Crippen molar-refractivity contribution in [2.75, 3.05) is 0 Å². The minimum absolute atomic E-state index is 1.05. The van der Waals surface area contributed by atoms with Crippen molar-refractivity contribution in [1.29, 1.82) is 0 Å². The van der Waals surface area contributed by atoms with Crippen LogP contribution in [0.2, 0.25) is 0 Å². The Labute approximate surface area is 67.9 Å². The lowest BCUT2D eigenvalue weighted by Crippen LogP contribution is -1.72. The first-order valence-electron chi connectivity index (χ1n) is 3.14. The zero-order chi connectivity index (χ0) is 7.52. The van der Waals surface area contributed by atoms with Crippen molar-refractivity contribution in [2.24, 2.45) is 0 Å². The number of pyridine rings is 1. The van der Waals surface area contributed by atoms with Gasteiger partial charge in [0.1, 0.15) is 0 Å². The predicted molar refractivity (Wildman–Crippen MR) is 43.1 cm³/mol. The molecular weight excluding hydrogens is 158 g/mol. The monoisotopic (exact) mass is 163 g/mol. The summed E-state index contributed by atoms with van der Waals surface area (Å²) in [4.78, 5) is 5.05. The molecule has 0 saturated heterocycles. The van der Waals surface area contributed by atoms with Gasteiger partial charge in [-0.1, -0.05) is 10.6 Å². The second-order valence-corrected chi connectivity index (χ2v) is 2.81. The maximum atomic E-state index is 3.99. The zero-order valence-electron chi connectivity index (χ0n) is 5.64. The summed E-state index contributed by atoms with van der Waals surface area (Å²) >= 11 is 1.37. The van der Waals surface area contributed by atoms with Gasteiger partial charge in [-0.3, -0.25) is 4.98 Å². The van der Waals surface area contributed by atoms with Gasteiger partial charge in [0.05, 0.1) is 11.1 Å². The minimum Gasteiger partial charge on any atom is -0.264 e. The summed E-state index contributed by atoms with van der Waals surface area (Å²) < 4.78 is 3.76. The first kappa shape index (κ1) is 6.42. The molecule has 0 atom stereocenters. The Morgan fingerprint density at radius 3 is 2.91 bits per heavy atom. The summed E-state index contributed by atoms with van der Waals surface area (Å²) in [5.41, 5.74) is 1.07. The Bertz CT molecular complexity index is 317. The van der Waals surface area contributed by atoms with E-state index in [-0.39, 0.29) is 0 Å². The van der Waals surface area contributed by atoms with E-state index in [2.05, 4.69) is 14.6 Å². The summed E-state index contributed by atoms with van der Waals surface area (Å²) in [5.74, 6) is 0. The second kappa shape index (κ2) is 2.75. The van der Waals surface area contributed by atoms with Crippen molar-refractivity contribution in [3.63, 3.8) is 0 Å². The SMILES string of the molecule is c1cncc(-c2cnns2)c1. The van der Waals surface area contributed by atoms with Crippen molar-refractivity contribution in [3.05, 3.63) is 30.7 Å². The minimum atomic E-state index is 1.05. The lowest BCUT2D eigenvalue weighted by Gasteiger charge is -1.90. The van der Waals surface area contributed by atoms with Crippen molar-refractivity contribution >= 4 is 11.5 Å². The van der Waals surface area contributed by atoms with Crippen LogP contribution < -0.4 is 0 Å². The predicted octanol–water partition coefficient (Wildman–Crippen LogP) is 1.60. The highest BCUT2D eigenvalue weighted by Crippen LogP contribution is 2.19. The molecule has 2 aromatic heterocycles. The summed E-state index contributed by atoms with van der Waals surface area (Å²) in [6, 6.07) is 3.89. The van der Waals surface area contributed by atoms with Gasteiger partial charge in [-0.25, -0.2) is 0 Å². The van der Waals surface area contributed by atoms with E-state index in [0.29, 0.717) is 0 Å². The fourth-order valence-electron chi connectivity index (χ4n) is 0.803. The maximum Gasteiger partial charge on any atom is 0.0769 e. The molecule has 0 aliphatic heterocycles. The van der Waals surface area contributed by atoms with Gasteiger partial charge in [-0.15, -0.1) is 5.10 Å². The van der Waals surface area contributed by atoms with Crippen LogP contribution in [-0.2, 0) is 0 Å². The third-order valence-corrected chi connectivity index (χ3v) is 2.02. The average Bonchev–Trinajstić information content (AvgIpc) is 2.58. The molecule has 0 spiro atoms. The zero-order valence-corrected chi connectivity index (χ0v) is 6.45. The van der Waals surface area contributed by atoms with Crippen LogP contribution in [0.4, 0.5) is 0 Å². The van der Waals surface area contributed by atoms with Crippen LogP contribution >= 0.6 is 11.5 Å². The molecule has 0 bridgehead atoms. The van der Waals surface area contributed by atoms with Gasteiger partial charge in [0.25, 0.3) is 0 Å². The second-order valence-electron chi connectivity index (χ2n) is 2.02. The number of hydrogen-bond acceptors (Lipinski definition) is 4. The van der Waals surface area contributed by atoms with Gasteiger partial charge in [-0.2, -0.15) is 0 Å². The van der Waals surface area contributed by atoms with Gasteiger partial charge in [-0.05, 0) is 17.6 Å². The van der Waals surface area contributed by atoms with Crippen LogP contribution in [0.5, 0.6) is 0 Å². The Kier molecular flexibility index (Phi) is 1.61. The fraction of sp³-hybridized carbons (Fsp3) is 0. The average molecular weight is 163 g/mol. The Hall–Kier alpha value is -1.29. The molecule has 0 radical (unpaired) electrons. The lowest BCUT2D eigenvalue weighted by atomic mass is 10.3. The number of nitrogens with zero attached hydrogens (tertiary/aromatic N) is 3. The Morgan fingerprint density at radius 2 is 2.27 bits per heavy atom. The summed E-state index contributed by atoms with van der Waals surface area (Å²) in [5, 5.41) is 3.74. The Balaban J connectivity index is 2.46. The molecule has 2 heterocycles. The van der Waals surface area contributed by atoms with Crippen molar-refractivity contribution in [2.45, 2.75) is 0 Å².